The number of aryl methyl sites for hydroxylation is 1. The molecule has 1 aliphatic carbocycles. The highest BCUT2D eigenvalue weighted by Crippen LogP contribution is 2.30. The summed E-state index contributed by atoms with van der Waals surface area (Å²) in [5, 5.41) is 17.3. The van der Waals surface area contributed by atoms with Crippen LogP contribution < -0.4 is 5.32 Å². The molecule has 4 rings (SSSR count). The Hall–Kier alpha value is -3.13. The van der Waals surface area contributed by atoms with Crippen molar-refractivity contribution in [1.29, 1.82) is 0 Å². The standard InChI is InChI=1S/C20H22N6O2/c1-14-10-23-17(12-22-14)18-9-16(25-26(18)15-5-4-8-21-11-15)19(28)24-20(13-27)6-2-3-7-20/h4-5,8-12,27H,2-3,6-7,13H2,1H3,(H,24,28). The van der Waals surface area contributed by atoms with E-state index in [9.17, 15) is 9.90 Å². The van der Waals surface area contributed by atoms with E-state index in [2.05, 4.69) is 25.4 Å². The number of rotatable bonds is 5. The SMILES string of the molecule is Cc1cnc(-c2cc(C(=O)NC3(CO)CCCC3)nn2-c2cccnc2)cn1. The Balaban J connectivity index is 1.73. The number of hydrogen-bond acceptors (Lipinski definition) is 6. The molecule has 0 saturated heterocycles. The molecule has 2 N–H and O–H groups in total. The van der Waals surface area contributed by atoms with Crippen molar-refractivity contribution in [3.8, 4) is 17.1 Å². The van der Waals surface area contributed by atoms with Gasteiger partial charge in [-0.15, -0.1) is 0 Å². The molecule has 28 heavy (non-hydrogen) atoms. The Morgan fingerprint density at radius 1 is 1.25 bits per heavy atom. The van der Waals surface area contributed by atoms with Crippen LogP contribution in [0.25, 0.3) is 17.1 Å². The molecule has 8 nitrogen and oxygen atoms in total. The van der Waals surface area contributed by atoms with Crippen molar-refractivity contribution in [2.24, 2.45) is 0 Å². The van der Waals surface area contributed by atoms with Gasteiger partial charge >= 0.3 is 0 Å². The van der Waals surface area contributed by atoms with Crippen molar-refractivity contribution in [1.82, 2.24) is 30.0 Å². The number of nitrogens with zero attached hydrogens (tertiary/aromatic N) is 5. The number of hydrogen-bond donors (Lipinski definition) is 2. The first kappa shape index (κ1) is 18.2. The largest absolute Gasteiger partial charge is 0.394 e. The number of nitrogens with one attached hydrogen (secondary N) is 1. The van der Waals surface area contributed by atoms with Gasteiger partial charge < -0.3 is 10.4 Å². The fourth-order valence-corrected chi connectivity index (χ4v) is 3.55. The van der Waals surface area contributed by atoms with E-state index in [1.54, 1.807) is 41.6 Å². The minimum Gasteiger partial charge on any atom is -0.394 e. The van der Waals surface area contributed by atoms with E-state index in [4.69, 9.17) is 0 Å². The zero-order chi connectivity index (χ0) is 19.6. The van der Waals surface area contributed by atoms with E-state index in [1.165, 1.54) is 0 Å². The van der Waals surface area contributed by atoms with Gasteiger partial charge in [0.2, 0.25) is 0 Å². The second kappa shape index (κ2) is 7.47. The van der Waals surface area contributed by atoms with Crippen LogP contribution in [0.1, 0.15) is 41.9 Å². The highest BCUT2D eigenvalue weighted by atomic mass is 16.3. The van der Waals surface area contributed by atoms with Crippen molar-refractivity contribution >= 4 is 5.91 Å². The fourth-order valence-electron chi connectivity index (χ4n) is 3.55. The molecule has 1 amide bonds. The minimum absolute atomic E-state index is 0.0711. The Bertz CT molecular complexity index is 962. The van der Waals surface area contributed by atoms with Crippen molar-refractivity contribution in [2.75, 3.05) is 6.61 Å². The summed E-state index contributed by atoms with van der Waals surface area (Å²) in [5.74, 6) is -0.306. The molecule has 8 heteroatoms. The summed E-state index contributed by atoms with van der Waals surface area (Å²) in [6, 6.07) is 5.36. The maximum absolute atomic E-state index is 12.9. The summed E-state index contributed by atoms with van der Waals surface area (Å²) in [6.07, 6.45) is 10.2. The highest BCUT2D eigenvalue weighted by molar-refractivity contribution is 5.94. The van der Waals surface area contributed by atoms with Crippen LogP contribution in [0.5, 0.6) is 0 Å². The van der Waals surface area contributed by atoms with Crippen LogP contribution in [0, 0.1) is 6.92 Å². The van der Waals surface area contributed by atoms with Gasteiger partial charge in [-0.2, -0.15) is 5.10 Å². The van der Waals surface area contributed by atoms with Crippen molar-refractivity contribution in [2.45, 2.75) is 38.1 Å². The third kappa shape index (κ3) is 3.50. The van der Waals surface area contributed by atoms with E-state index in [0.717, 1.165) is 37.1 Å². The number of amides is 1. The first-order valence-electron chi connectivity index (χ1n) is 9.33. The lowest BCUT2D eigenvalue weighted by Gasteiger charge is -2.27. The van der Waals surface area contributed by atoms with E-state index in [-0.39, 0.29) is 18.2 Å². The van der Waals surface area contributed by atoms with E-state index < -0.39 is 5.54 Å². The molecule has 1 saturated carbocycles. The second-order valence-electron chi connectivity index (χ2n) is 7.18. The highest BCUT2D eigenvalue weighted by Gasteiger charge is 2.35. The summed E-state index contributed by atoms with van der Waals surface area (Å²) < 4.78 is 1.64. The van der Waals surface area contributed by atoms with Crippen LogP contribution in [0.15, 0.2) is 43.0 Å². The van der Waals surface area contributed by atoms with Crippen LogP contribution in [0.4, 0.5) is 0 Å². The third-order valence-electron chi connectivity index (χ3n) is 5.12. The maximum Gasteiger partial charge on any atom is 0.272 e. The molecular formula is C20H22N6O2. The van der Waals surface area contributed by atoms with Crippen molar-refractivity contribution < 1.29 is 9.90 Å². The predicted octanol–water partition coefficient (Wildman–Crippen LogP) is 2.07. The molecule has 3 aromatic rings. The van der Waals surface area contributed by atoms with Gasteiger partial charge in [0.1, 0.15) is 5.69 Å². The summed E-state index contributed by atoms with van der Waals surface area (Å²) in [4.78, 5) is 25.8. The monoisotopic (exact) mass is 378 g/mol. The summed E-state index contributed by atoms with van der Waals surface area (Å²) in [5.41, 5.74) is 2.49. The smallest absolute Gasteiger partial charge is 0.272 e. The molecule has 144 valence electrons. The summed E-state index contributed by atoms with van der Waals surface area (Å²) in [6.45, 7) is 1.79. The second-order valence-corrected chi connectivity index (χ2v) is 7.18. The minimum atomic E-state index is -0.557. The number of aliphatic hydroxyl groups is 1. The van der Waals surface area contributed by atoms with E-state index >= 15 is 0 Å². The molecule has 0 radical (unpaired) electrons. The zero-order valence-electron chi connectivity index (χ0n) is 15.7. The van der Waals surface area contributed by atoms with Gasteiger partial charge in [-0.3, -0.25) is 19.7 Å². The number of aliphatic hydroxyl groups excluding tert-OH is 1. The molecule has 3 aromatic heterocycles. The lowest BCUT2D eigenvalue weighted by atomic mass is 9.99. The Labute approximate surface area is 162 Å². The van der Waals surface area contributed by atoms with Gasteiger partial charge in [0, 0.05) is 12.4 Å². The van der Waals surface area contributed by atoms with Gasteiger partial charge in [-0.25, -0.2) is 4.68 Å². The average molecular weight is 378 g/mol. The van der Waals surface area contributed by atoms with Crippen LogP contribution in [-0.2, 0) is 0 Å². The lowest BCUT2D eigenvalue weighted by Crippen LogP contribution is -2.49. The van der Waals surface area contributed by atoms with E-state index in [0.29, 0.717) is 11.4 Å². The Kier molecular flexibility index (Phi) is 4.87. The summed E-state index contributed by atoms with van der Waals surface area (Å²) in [7, 11) is 0. The Morgan fingerprint density at radius 3 is 2.71 bits per heavy atom. The normalized spacial score (nSPS) is 15.5. The van der Waals surface area contributed by atoms with Gasteiger partial charge in [0.25, 0.3) is 5.91 Å². The maximum atomic E-state index is 12.9. The predicted molar refractivity (Wildman–Crippen MR) is 103 cm³/mol. The van der Waals surface area contributed by atoms with Crippen LogP contribution in [0.2, 0.25) is 0 Å². The van der Waals surface area contributed by atoms with Crippen LogP contribution in [0.3, 0.4) is 0 Å². The quantitative estimate of drug-likeness (QED) is 0.704. The lowest BCUT2D eigenvalue weighted by molar-refractivity contribution is 0.0833. The molecule has 3 heterocycles. The third-order valence-corrected chi connectivity index (χ3v) is 5.12. The van der Waals surface area contributed by atoms with Gasteiger partial charge in [0.05, 0.1) is 41.6 Å². The Morgan fingerprint density at radius 2 is 2.07 bits per heavy atom. The van der Waals surface area contributed by atoms with Gasteiger partial charge in [-0.1, -0.05) is 12.8 Å². The molecule has 0 unspecified atom stereocenters. The molecular weight excluding hydrogens is 356 g/mol. The van der Waals surface area contributed by atoms with Gasteiger partial charge in [-0.05, 0) is 38.0 Å². The molecule has 1 fully saturated rings. The number of carbonyl (C=O) groups is 1. The first-order valence-corrected chi connectivity index (χ1v) is 9.33. The fraction of sp³-hybridized carbons (Fsp3) is 0.350. The molecule has 1 aliphatic rings. The van der Waals surface area contributed by atoms with Crippen molar-refractivity contribution in [3.05, 3.63) is 54.4 Å². The zero-order valence-corrected chi connectivity index (χ0v) is 15.7. The first-order chi connectivity index (χ1) is 13.6. The molecule has 0 spiro atoms. The van der Waals surface area contributed by atoms with Crippen molar-refractivity contribution in [3.63, 3.8) is 0 Å². The topological polar surface area (TPSA) is 106 Å². The molecule has 0 atom stereocenters. The number of aromatic nitrogens is 5. The van der Waals surface area contributed by atoms with E-state index in [1.807, 2.05) is 13.0 Å². The average Bonchev–Trinajstić information content (AvgIpc) is 3.37. The molecule has 0 aliphatic heterocycles. The van der Waals surface area contributed by atoms with Crippen LogP contribution in [-0.4, -0.2) is 47.9 Å². The number of carbonyl (C=O) groups excluding carboxylic acids is 1. The molecule has 0 aromatic carbocycles. The van der Waals surface area contributed by atoms with Crippen LogP contribution >= 0.6 is 0 Å². The number of pyridine rings is 1. The van der Waals surface area contributed by atoms with Gasteiger partial charge in [0.15, 0.2) is 5.69 Å². The summed E-state index contributed by atoms with van der Waals surface area (Å²) >= 11 is 0. The molecule has 0 bridgehead atoms.